The number of carboxylic acids is 1. The minimum atomic E-state index is -1.31. The van der Waals surface area contributed by atoms with E-state index in [2.05, 4.69) is 4.99 Å². The number of carboxylic acid groups (broad SMARTS) is 1. The lowest BCUT2D eigenvalue weighted by molar-refractivity contribution is -0.119. The smallest absolute Gasteiger partial charge is 0.339 e. The van der Waals surface area contributed by atoms with E-state index in [4.69, 9.17) is 27.9 Å². The van der Waals surface area contributed by atoms with Gasteiger partial charge in [-0.05, 0) is 47.7 Å². The summed E-state index contributed by atoms with van der Waals surface area (Å²) in [7, 11) is 2.93. The van der Waals surface area contributed by atoms with Crippen LogP contribution in [0.5, 0.6) is 5.75 Å². The highest BCUT2D eigenvalue weighted by Crippen LogP contribution is 2.58. The van der Waals surface area contributed by atoms with Crippen LogP contribution in [0.2, 0.25) is 10.0 Å². The van der Waals surface area contributed by atoms with Gasteiger partial charge in [0.1, 0.15) is 22.9 Å². The van der Waals surface area contributed by atoms with Gasteiger partial charge >= 0.3 is 5.97 Å². The molecule has 0 radical (unpaired) electrons. The van der Waals surface area contributed by atoms with E-state index < -0.39 is 41.0 Å². The number of fused-ring (bicyclic) bond motifs is 1. The zero-order valence-electron chi connectivity index (χ0n) is 24.9. The number of hydrogen-bond donors (Lipinski definition) is 1. The van der Waals surface area contributed by atoms with Crippen molar-refractivity contribution in [3.8, 4) is 5.75 Å². The summed E-state index contributed by atoms with van der Waals surface area (Å²) in [5.74, 6) is -3.68. The molecule has 2 saturated heterocycles. The molecule has 0 aliphatic carbocycles. The number of halogens is 4. The fourth-order valence-electron chi connectivity index (χ4n) is 6.92. The lowest BCUT2D eigenvalue weighted by atomic mass is 9.62. The molecule has 1 amide bonds. The molecule has 2 fully saturated rings. The Labute approximate surface area is 265 Å². The van der Waals surface area contributed by atoms with Crippen molar-refractivity contribution in [3.05, 3.63) is 93.0 Å². The first-order valence-corrected chi connectivity index (χ1v) is 14.8. The van der Waals surface area contributed by atoms with Gasteiger partial charge in [-0.2, -0.15) is 0 Å². The summed E-state index contributed by atoms with van der Waals surface area (Å²) < 4.78 is 37.5. The molecule has 1 N–H and O–H groups in total. The Balaban J connectivity index is 1.79. The summed E-state index contributed by atoms with van der Waals surface area (Å²) in [6.45, 7) is 6.22. The Bertz CT molecular complexity index is 1660. The number of benzene rings is 3. The highest BCUT2D eigenvalue weighted by molar-refractivity contribution is 6.31. The Hall–Kier alpha value is -3.53. The van der Waals surface area contributed by atoms with Gasteiger partial charge in [-0.3, -0.25) is 19.6 Å². The predicted octanol–water partition coefficient (Wildman–Crippen LogP) is 7.19. The Morgan fingerprint density at radius 1 is 1.16 bits per heavy atom. The molecule has 0 saturated carbocycles. The molecule has 3 aromatic carbocycles. The maximum absolute atomic E-state index is 16.1. The molecule has 0 spiro atoms. The first-order valence-electron chi connectivity index (χ1n) is 14.1. The predicted molar refractivity (Wildman–Crippen MR) is 167 cm³/mol. The van der Waals surface area contributed by atoms with Crippen LogP contribution in [0.1, 0.15) is 54.6 Å². The van der Waals surface area contributed by atoms with Gasteiger partial charge in [0.25, 0.3) is 0 Å². The molecule has 4 atom stereocenters. The van der Waals surface area contributed by atoms with E-state index in [0.29, 0.717) is 12.1 Å². The first-order chi connectivity index (χ1) is 20.7. The zero-order valence-corrected chi connectivity index (χ0v) is 26.5. The van der Waals surface area contributed by atoms with Crippen LogP contribution in [0.15, 0.2) is 59.6 Å². The minimum Gasteiger partial charge on any atom is -0.496 e. The van der Waals surface area contributed by atoms with Crippen molar-refractivity contribution in [3.63, 3.8) is 0 Å². The number of aromatic carboxylic acids is 1. The molecule has 5 rings (SSSR count). The molecule has 4 unspecified atom stereocenters. The lowest BCUT2D eigenvalue weighted by Gasteiger charge is -2.42. The number of nitrogens with zero attached hydrogens (tertiary/aromatic N) is 3. The number of amides is 1. The van der Waals surface area contributed by atoms with E-state index in [0.717, 1.165) is 0 Å². The number of rotatable bonds is 7. The molecule has 232 valence electrons. The highest BCUT2D eigenvalue weighted by Gasteiger charge is 2.66. The highest BCUT2D eigenvalue weighted by atomic mass is 35.5. The van der Waals surface area contributed by atoms with Gasteiger partial charge in [-0.15, -0.1) is 0 Å². The molecule has 0 aromatic heterocycles. The van der Waals surface area contributed by atoms with Crippen LogP contribution in [0.25, 0.3) is 0 Å². The van der Waals surface area contributed by atoms with Crippen LogP contribution in [0.3, 0.4) is 0 Å². The third-order valence-electron chi connectivity index (χ3n) is 8.55. The Morgan fingerprint density at radius 2 is 1.89 bits per heavy atom. The summed E-state index contributed by atoms with van der Waals surface area (Å²) >= 11 is 12.5. The number of ether oxygens (including phenoxy) is 1. The van der Waals surface area contributed by atoms with Gasteiger partial charge in [0, 0.05) is 47.6 Å². The van der Waals surface area contributed by atoms with Crippen molar-refractivity contribution in [2.45, 2.75) is 50.6 Å². The van der Waals surface area contributed by atoms with E-state index in [9.17, 15) is 14.7 Å². The van der Waals surface area contributed by atoms with E-state index in [1.165, 1.54) is 36.3 Å². The van der Waals surface area contributed by atoms with Gasteiger partial charge in [0.05, 0.1) is 30.3 Å². The molecule has 44 heavy (non-hydrogen) atoms. The molecule has 2 aliphatic heterocycles. The topological polar surface area (TPSA) is 82.4 Å². The van der Waals surface area contributed by atoms with Crippen LogP contribution >= 0.6 is 23.2 Å². The van der Waals surface area contributed by atoms with Crippen LogP contribution in [0, 0.1) is 17.0 Å². The molecule has 2 aliphatic rings. The second kappa shape index (κ2) is 11.8. The summed E-state index contributed by atoms with van der Waals surface area (Å²) in [6.07, 6.45) is 2.13. The molecule has 2 heterocycles. The molecule has 0 bridgehead atoms. The maximum Gasteiger partial charge on any atom is 0.339 e. The standard InChI is InChI=1S/C33H33Cl2F2N3O4/c1-32(2,3)15-26-33(16-38-4,22-12-9-18(34)13-24(22)36)27(21-7-6-8-23(35)28(21)37)29-30(41)39(17-40(26)29)19-10-11-20(31(42)43)25(14-19)44-5/h6-14,16,26-27,29H,15,17H2,1-5H3,(H,42,43). The van der Waals surface area contributed by atoms with Crippen molar-refractivity contribution in [2.24, 2.45) is 10.4 Å². The first kappa shape index (κ1) is 31.9. The van der Waals surface area contributed by atoms with Crippen molar-refractivity contribution in [2.75, 3.05) is 25.7 Å². The van der Waals surface area contributed by atoms with E-state index in [1.807, 2.05) is 25.7 Å². The Morgan fingerprint density at radius 3 is 2.50 bits per heavy atom. The number of anilines is 1. The maximum atomic E-state index is 16.1. The van der Waals surface area contributed by atoms with Crippen molar-refractivity contribution in [1.82, 2.24) is 4.90 Å². The van der Waals surface area contributed by atoms with Gasteiger partial charge in [-0.25, -0.2) is 13.6 Å². The fourth-order valence-corrected chi connectivity index (χ4v) is 7.26. The third-order valence-corrected chi connectivity index (χ3v) is 9.08. The quantitative estimate of drug-likeness (QED) is 0.276. The summed E-state index contributed by atoms with van der Waals surface area (Å²) in [5, 5.41) is 9.66. The van der Waals surface area contributed by atoms with Crippen LogP contribution in [-0.2, 0) is 10.2 Å². The molecular formula is C33H33Cl2F2N3O4. The third kappa shape index (κ3) is 5.25. The van der Waals surface area contributed by atoms with E-state index in [1.54, 1.807) is 43.6 Å². The number of carbonyl (C=O) groups excluding carboxylic acids is 1. The SMILES string of the molecule is CN=CC1(c2ccc(Cl)cc2F)C(c2cccc(Cl)c2F)C2C(=O)N(c3ccc(C(=O)O)c(OC)c3)CN2C1CC(C)(C)C. The normalized spacial score (nSPS) is 23.9. The lowest BCUT2D eigenvalue weighted by Crippen LogP contribution is -2.50. The van der Waals surface area contributed by atoms with Gasteiger partial charge in [-0.1, -0.05) is 62.2 Å². The van der Waals surface area contributed by atoms with Gasteiger partial charge in [0.15, 0.2) is 0 Å². The van der Waals surface area contributed by atoms with Crippen molar-refractivity contribution < 1.29 is 28.2 Å². The van der Waals surface area contributed by atoms with Crippen LogP contribution in [-0.4, -0.2) is 61.0 Å². The molecule has 7 nitrogen and oxygen atoms in total. The minimum absolute atomic E-state index is 0.0516. The van der Waals surface area contributed by atoms with E-state index >= 15 is 8.78 Å². The number of carbonyl (C=O) groups is 2. The van der Waals surface area contributed by atoms with Crippen LogP contribution in [0.4, 0.5) is 14.5 Å². The summed E-state index contributed by atoms with van der Waals surface area (Å²) in [6, 6.07) is 11.9. The van der Waals surface area contributed by atoms with Gasteiger partial charge < -0.3 is 9.84 Å². The zero-order chi connectivity index (χ0) is 32.1. The average molecular weight is 645 g/mol. The summed E-state index contributed by atoms with van der Waals surface area (Å²) in [4.78, 5) is 34.2. The average Bonchev–Trinajstić information content (AvgIpc) is 3.41. The Kier molecular flexibility index (Phi) is 8.52. The second-order valence-corrected chi connectivity index (χ2v) is 13.2. The van der Waals surface area contributed by atoms with Crippen molar-refractivity contribution >= 4 is 47.0 Å². The van der Waals surface area contributed by atoms with Crippen molar-refractivity contribution in [1.29, 1.82) is 0 Å². The number of aliphatic imine (C=N–C) groups is 1. The largest absolute Gasteiger partial charge is 0.496 e. The van der Waals surface area contributed by atoms with E-state index in [-0.39, 0.29) is 50.5 Å². The molecular weight excluding hydrogens is 611 g/mol. The second-order valence-electron chi connectivity index (χ2n) is 12.4. The number of methoxy groups -OCH3 is 1. The van der Waals surface area contributed by atoms with Gasteiger partial charge in [0.2, 0.25) is 5.91 Å². The molecule has 3 aromatic rings. The number of hydrogen-bond acceptors (Lipinski definition) is 5. The molecule has 11 heteroatoms. The van der Waals surface area contributed by atoms with Crippen LogP contribution < -0.4 is 9.64 Å². The summed E-state index contributed by atoms with van der Waals surface area (Å²) in [5.41, 5.74) is -0.850. The monoisotopic (exact) mass is 643 g/mol. The fraction of sp³-hybridized carbons (Fsp3) is 0.364.